The Morgan fingerprint density at radius 3 is 2.40 bits per heavy atom. The molecule has 0 aliphatic heterocycles. The van der Waals surface area contributed by atoms with Gasteiger partial charge in [0.25, 0.3) is 0 Å². The summed E-state index contributed by atoms with van der Waals surface area (Å²) in [6.07, 6.45) is 3.31. The fraction of sp³-hybridized carbons (Fsp3) is 0.118. The maximum Gasteiger partial charge on any atom is 0.189 e. The average molecular weight is 268 g/mol. The molecule has 0 aliphatic carbocycles. The molecule has 0 N–H and O–H groups in total. The Morgan fingerprint density at radius 2 is 1.75 bits per heavy atom. The van der Waals surface area contributed by atoms with Crippen LogP contribution in [0.4, 0.5) is 0 Å². The van der Waals surface area contributed by atoms with Crippen LogP contribution in [0, 0.1) is 0 Å². The molecule has 0 spiro atoms. The Balaban J connectivity index is 2.26. The Hall–Kier alpha value is -2.55. The largest absolute Gasteiger partial charge is 0.497 e. The van der Waals surface area contributed by atoms with Crippen LogP contribution in [0.15, 0.2) is 54.6 Å². The first-order valence-electron chi connectivity index (χ1n) is 6.24. The van der Waals surface area contributed by atoms with E-state index in [4.69, 9.17) is 9.47 Å². The fourth-order valence-electron chi connectivity index (χ4n) is 1.83. The third-order valence-corrected chi connectivity index (χ3v) is 2.90. The summed E-state index contributed by atoms with van der Waals surface area (Å²) in [7, 11) is 3.11. The van der Waals surface area contributed by atoms with E-state index in [1.807, 2.05) is 30.3 Å². The summed E-state index contributed by atoms with van der Waals surface area (Å²) in [5, 5.41) is 0. The van der Waals surface area contributed by atoms with Gasteiger partial charge in [0, 0.05) is 0 Å². The molecule has 102 valence electrons. The van der Waals surface area contributed by atoms with E-state index in [0.717, 1.165) is 5.56 Å². The van der Waals surface area contributed by atoms with Gasteiger partial charge in [-0.25, -0.2) is 0 Å². The molecule has 0 aliphatic rings. The molecule has 0 fully saturated rings. The zero-order valence-corrected chi connectivity index (χ0v) is 11.5. The molecule has 0 saturated heterocycles. The molecule has 20 heavy (non-hydrogen) atoms. The third-order valence-electron chi connectivity index (χ3n) is 2.90. The number of carbonyl (C=O) groups excluding carboxylic acids is 1. The first-order chi connectivity index (χ1) is 9.74. The molecule has 0 radical (unpaired) electrons. The molecular formula is C17H16O3. The van der Waals surface area contributed by atoms with Crippen LogP contribution in [0.3, 0.4) is 0 Å². The number of hydrogen-bond acceptors (Lipinski definition) is 3. The highest BCUT2D eigenvalue weighted by Crippen LogP contribution is 2.24. The number of ketones is 1. The first-order valence-corrected chi connectivity index (χ1v) is 6.24. The van der Waals surface area contributed by atoms with Crippen LogP contribution in [-0.4, -0.2) is 20.0 Å². The number of allylic oxidation sites excluding steroid dienone is 1. The Bertz CT molecular complexity index is 615. The zero-order chi connectivity index (χ0) is 14.4. The molecule has 0 amide bonds. The van der Waals surface area contributed by atoms with E-state index >= 15 is 0 Å². The van der Waals surface area contributed by atoms with E-state index in [9.17, 15) is 4.79 Å². The van der Waals surface area contributed by atoms with E-state index in [-0.39, 0.29) is 5.78 Å². The van der Waals surface area contributed by atoms with Gasteiger partial charge in [-0.1, -0.05) is 36.4 Å². The molecule has 0 saturated carbocycles. The minimum absolute atomic E-state index is 0.121. The predicted octanol–water partition coefficient (Wildman–Crippen LogP) is 3.60. The quantitative estimate of drug-likeness (QED) is 0.614. The van der Waals surface area contributed by atoms with Gasteiger partial charge in [-0.2, -0.15) is 0 Å². The Morgan fingerprint density at radius 1 is 1.00 bits per heavy atom. The molecule has 2 aromatic carbocycles. The molecule has 0 heterocycles. The summed E-state index contributed by atoms with van der Waals surface area (Å²) < 4.78 is 10.3. The second-order valence-corrected chi connectivity index (χ2v) is 4.17. The minimum Gasteiger partial charge on any atom is -0.497 e. The summed E-state index contributed by atoms with van der Waals surface area (Å²) in [5.41, 5.74) is 1.46. The maximum absolute atomic E-state index is 12.2. The topological polar surface area (TPSA) is 35.5 Å². The second-order valence-electron chi connectivity index (χ2n) is 4.17. The highest BCUT2D eigenvalue weighted by Gasteiger charge is 2.10. The second kappa shape index (κ2) is 6.57. The molecule has 2 aromatic rings. The van der Waals surface area contributed by atoms with Crippen LogP contribution in [0.5, 0.6) is 11.5 Å². The van der Waals surface area contributed by atoms with Crippen molar-refractivity contribution in [2.45, 2.75) is 0 Å². The molecule has 0 bridgehead atoms. The number of rotatable bonds is 5. The van der Waals surface area contributed by atoms with Gasteiger partial charge in [-0.05, 0) is 29.8 Å². The average Bonchev–Trinajstić information content (AvgIpc) is 2.52. The lowest BCUT2D eigenvalue weighted by Crippen LogP contribution is -1.99. The highest BCUT2D eigenvalue weighted by atomic mass is 16.5. The van der Waals surface area contributed by atoms with E-state index in [0.29, 0.717) is 17.1 Å². The summed E-state index contributed by atoms with van der Waals surface area (Å²) in [6, 6.07) is 14.8. The van der Waals surface area contributed by atoms with Crippen molar-refractivity contribution in [3.8, 4) is 11.5 Å². The summed E-state index contributed by atoms with van der Waals surface area (Å²) >= 11 is 0. The number of hydrogen-bond donors (Lipinski definition) is 0. The Labute approximate surface area is 118 Å². The van der Waals surface area contributed by atoms with Crippen molar-refractivity contribution in [3.05, 3.63) is 65.7 Å². The standard InChI is InChI=1S/C17H16O3/c1-19-14-9-11-17(20-2)15(12-14)16(18)10-8-13-6-4-3-5-7-13/h3-12H,1-2H3. The fourth-order valence-corrected chi connectivity index (χ4v) is 1.83. The van der Waals surface area contributed by atoms with Crippen LogP contribution >= 0.6 is 0 Å². The van der Waals surface area contributed by atoms with Crippen LogP contribution in [0.25, 0.3) is 6.08 Å². The van der Waals surface area contributed by atoms with Crippen LogP contribution in [0.2, 0.25) is 0 Å². The van der Waals surface area contributed by atoms with Crippen molar-refractivity contribution in [2.75, 3.05) is 14.2 Å². The van der Waals surface area contributed by atoms with Gasteiger partial charge >= 0.3 is 0 Å². The lowest BCUT2D eigenvalue weighted by Gasteiger charge is -2.07. The highest BCUT2D eigenvalue weighted by molar-refractivity contribution is 6.08. The number of ether oxygens (including phenoxy) is 2. The van der Waals surface area contributed by atoms with E-state index < -0.39 is 0 Å². The van der Waals surface area contributed by atoms with Gasteiger partial charge < -0.3 is 9.47 Å². The van der Waals surface area contributed by atoms with Gasteiger partial charge in [0.05, 0.1) is 19.8 Å². The van der Waals surface area contributed by atoms with Crippen molar-refractivity contribution in [1.29, 1.82) is 0 Å². The third kappa shape index (κ3) is 3.26. The van der Waals surface area contributed by atoms with Crippen LogP contribution < -0.4 is 9.47 Å². The van der Waals surface area contributed by atoms with Crippen molar-refractivity contribution in [1.82, 2.24) is 0 Å². The molecule has 0 atom stereocenters. The Kier molecular flexibility index (Phi) is 4.56. The lowest BCUT2D eigenvalue weighted by atomic mass is 10.1. The van der Waals surface area contributed by atoms with E-state index in [1.165, 1.54) is 6.08 Å². The molecule has 0 unspecified atom stereocenters. The zero-order valence-electron chi connectivity index (χ0n) is 11.5. The van der Waals surface area contributed by atoms with Gasteiger partial charge in [0.1, 0.15) is 11.5 Å². The summed E-state index contributed by atoms with van der Waals surface area (Å²) in [5.74, 6) is 1.04. The monoisotopic (exact) mass is 268 g/mol. The minimum atomic E-state index is -0.121. The van der Waals surface area contributed by atoms with Crippen molar-refractivity contribution >= 4 is 11.9 Å². The van der Waals surface area contributed by atoms with E-state index in [2.05, 4.69) is 0 Å². The number of benzene rings is 2. The molecular weight excluding hydrogens is 252 g/mol. The summed E-state index contributed by atoms with van der Waals surface area (Å²) in [6.45, 7) is 0. The SMILES string of the molecule is COc1ccc(OC)c(C(=O)C=Cc2ccccc2)c1. The predicted molar refractivity (Wildman–Crippen MR) is 79.4 cm³/mol. The smallest absolute Gasteiger partial charge is 0.189 e. The molecule has 3 nitrogen and oxygen atoms in total. The van der Waals surface area contributed by atoms with E-state index in [1.54, 1.807) is 38.5 Å². The normalized spacial score (nSPS) is 10.5. The molecule has 0 aromatic heterocycles. The molecule has 3 heteroatoms. The lowest BCUT2D eigenvalue weighted by molar-refractivity contribution is 0.104. The first kappa shape index (κ1) is 13.9. The number of methoxy groups -OCH3 is 2. The van der Waals surface area contributed by atoms with Crippen molar-refractivity contribution in [2.24, 2.45) is 0 Å². The molecule has 2 rings (SSSR count). The van der Waals surface area contributed by atoms with Crippen molar-refractivity contribution in [3.63, 3.8) is 0 Å². The summed E-state index contributed by atoms with van der Waals surface area (Å²) in [4.78, 5) is 12.2. The van der Waals surface area contributed by atoms with Crippen LogP contribution in [0.1, 0.15) is 15.9 Å². The van der Waals surface area contributed by atoms with Crippen LogP contribution in [-0.2, 0) is 0 Å². The van der Waals surface area contributed by atoms with Gasteiger partial charge in [0.2, 0.25) is 0 Å². The van der Waals surface area contributed by atoms with Gasteiger partial charge in [0.15, 0.2) is 5.78 Å². The maximum atomic E-state index is 12.2. The number of carbonyl (C=O) groups is 1. The van der Waals surface area contributed by atoms with Crippen molar-refractivity contribution < 1.29 is 14.3 Å². The van der Waals surface area contributed by atoms with Gasteiger partial charge in [-0.15, -0.1) is 0 Å². The van der Waals surface area contributed by atoms with Gasteiger partial charge in [-0.3, -0.25) is 4.79 Å².